The second kappa shape index (κ2) is 4.67. The molecular formula is C9H13N5OS. The highest BCUT2D eigenvalue weighted by Crippen LogP contribution is 2.24. The third-order valence-corrected chi connectivity index (χ3v) is 2.81. The summed E-state index contributed by atoms with van der Waals surface area (Å²) in [5.41, 5.74) is 6.55. The maximum absolute atomic E-state index is 5.66. The molecule has 0 spiro atoms. The van der Waals surface area contributed by atoms with E-state index in [9.17, 15) is 0 Å². The molecule has 0 amide bonds. The van der Waals surface area contributed by atoms with Crippen LogP contribution in [0.1, 0.15) is 25.4 Å². The Morgan fingerprint density at radius 1 is 1.50 bits per heavy atom. The zero-order valence-electron chi connectivity index (χ0n) is 9.17. The van der Waals surface area contributed by atoms with Crippen LogP contribution < -0.4 is 5.73 Å². The second-order valence-corrected chi connectivity index (χ2v) is 4.35. The summed E-state index contributed by atoms with van der Waals surface area (Å²) in [6.07, 6.45) is 1.41. The normalized spacial score (nSPS) is 12.9. The molecule has 0 aromatic carbocycles. The molecule has 2 aromatic rings. The Bertz CT molecular complexity index is 464. The van der Waals surface area contributed by atoms with Gasteiger partial charge in [-0.15, -0.1) is 5.10 Å². The summed E-state index contributed by atoms with van der Waals surface area (Å²) in [7, 11) is 0. The van der Waals surface area contributed by atoms with Crippen molar-refractivity contribution in [1.82, 2.24) is 19.7 Å². The van der Waals surface area contributed by atoms with E-state index in [0.717, 1.165) is 17.0 Å². The van der Waals surface area contributed by atoms with Crippen LogP contribution >= 0.6 is 11.5 Å². The first-order valence-electron chi connectivity index (χ1n) is 5.10. The van der Waals surface area contributed by atoms with Crippen molar-refractivity contribution in [2.45, 2.75) is 32.7 Å². The summed E-state index contributed by atoms with van der Waals surface area (Å²) in [4.78, 5) is 5.13. The molecule has 2 heterocycles. The van der Waals surface area contributed by atoms with Crippen LogP contribution in [0.2, 0.25) is 0 Å². The van der Waals surface area contributed by atoms with Crippen molar-refractivity contribution in [2.75, 3.05) is 0 Å². The van der Waals surface area contributed by atoms with Gasteiger partial charge in [0.2, 0.25) is 0 Å². The van der Waals surface area contributed by atoms with Gasteiger partial charge in [-0.25, -0.2) is 0 Å². The zero-order chi connectivity index (χ0) is 11.5. The minimum atomic E-state index is 0.0238. The highest BCUT2D eigenvalue weighted by molar-refractivity contribution is 7.09. The molecule has 1 unspecified atom stereocenters. The van der Waals surface area contributed by atoms with Crippen molar-refractivity contribution >= 4 is 11.5 Å². The van der Waals surface area contributed by atoms with E-state index in [0.29, 0.717) is 18.1 Å². The van der Waals surface area contributed by atoms with Crippen LogP contribution in [0.3, 0.4) is 0 Å². The van der Waals surface area contributed by atoms with E-state index < -0.39 is 0 Å². The Labute approximate surface area is 97.0 Å². The lowest BCUT2D eigenvalue weighted by Crippen LogP contribution is -2.18. The summed E-state index contributed by atoms with van der Waals surface area (Å²) < 4.78 is 9.04. The maximum atomic E-state index is 5.66. The molecule has 0 fully saturated rings. The van der Waals surface area contributed by atoms with Gasteiger partial charge >= 0.3 is 0 Å². The van der Waals surface area contributed by atoms with Gasteiger partial charge in [-0.3, -0.25) is 0 Å². The molecule has 0 aliphatic heterocycles. The SMILES string of the molecule is CCc1nnsc1-c1nc(CC(C)N)no1. The van der Waals surface area contributed by atoms with Crippen LogP contribution in [0.4, 0.5) is 0 Å². The predicted octanol–water partition coefficient (Wildman–Crippen LogP) is 1.04. The molecule has 6 nitrogen and oxygen atoms in total. The Hall–Kier alpha value is -1.34. The smallest absolute Gasteiger partial charge is 0.271 e. The molecule has 0 radical (unpaired) electrons. The second-order valence-electron chi connectivity index (χ2n) is 3.60. The van der Waals surface area contributed by atoms with Gasteiger partial charge in [0.15, 0.2) is 5.82 Å². The fourth-order valence-electron chi connectivity index (χ4n) is 1.32. The van der Waals surface area contributed by atoms with Crippen LogP contribution in [0.25, 0.3) is 10.8 Å². The third kappa shape index (κ3) is 2.25. The maximum Gasteiger partial charge on any atom is 0.271 e. The highest BCUT2D eigenvalue weighted by atomic mass is 32.1. The molecule has 2 rings (SSSR count). The molecule has 0 saturated heterocycles. The Balaban J connectivity index is 2.24. The molecule has 2 aromatic heterocycles. The average Bonchev–Trinajstić information content (AvgIpc) is 2.83. The van der Waals surface area contributed by atoms with Gasteiger partial charge in [0.25, 0.3) is 5.89 Å². The van der Waals surface area contributed by atoms with Crippen LogP contribution in [-0.2, 0) is 12.8 Å². The van der Waals surface area contributed by atoms with Crippen molar-refractivity contribution in [1.29, 1.82) is 0 Å². The van der Waals surface area contributed by atoms with Crippen molar-refractivity contribution in [3.63, 3.8) is 0 Å². The fourth-order valence-corrected chi connectivity index (χ4v) is 1.99. The molecule has 2 N–H and O–H groups in total. The quantitative estimate of drug-likeness (QED) is 0.857. The van der Waals surface area contributed by atoms with E-state index >= 15 is 0 Å². The van der Waals surface area contributed by atoms with Gasteiger partial charge in [-0.2, -0.15) is 4.98 Å². The van der Waals surface area contributed by atoms with Crippen LogP contribution in [0, 0.1) is 0 Å². The number of aryl methyl sites for hydroxylation is 1. The third-order valence-electron chi connectivity index (χ3n) is 2.06. The topological polar surface area (TPSA) is 90.7 Å². The van der Waals surface area contributed by atoms with Gasteiger partial charge in [0.05, 0.1) is 5.69 Å². The van der Waals surface area contributed by atoms with E-state index in [4.69, 9.17) is 10.3 Å². The molecule has 0 aliphatic carbocycles. The number of nitrogens with zero attached hydrogens (tertiary/aromatic N) is 4. The monoisotopic (exact) mass is 239 g/mol. The number of rotatable bonds is 4. The first-order valence-corrected chi connectivity index (χ1v) is 5.87. The van der Waals surface area contributed by atoms with Gasteiger partial charge in [0, 0.05) is 12.5 Å². The Morgan fingerprint density at radius 3 is 3.00 bits per heavy atom. The zero-order valence-corrected chi connectivity index (χ0v) is 9.99. The van der Waals surface area contributed by atoms with Crippen molar-refractivity contribution in [2.24, 2.45) is 5.73 Å². The van der Waals surface area contributed by atoms with Gasteiger partial charge in [-0.1, -0.05) is 16.6 Å². The summed E-state index contributed by atoms with van der Waals surface area (Å²) in [5.74, 6) is 1.11. The standard InChI is InChI=1S/C9H13N5OS/c1-3-6-8(16-14-12-6)9-11-7(13-15-9)4-5(2)10/h5H,3-4,10H2,1-2H3. The molecule has 7 heteroatoms. The molecule has 0 saturated carbocycles. The summed E-state index contributed by atoms with van der Waals surface area (Å²) >= 11 is 1.27. The summed E-state index contributed by atoms with van der Waals surface area (Å²) in [6.45, 7) is 3.92. The number of aromatic nitrogens is 4. The Morgan fingerprint density at radius 2 is 2.31 bits per heavy atom. The summed E-state index contributed by atoms with van der Waals surface area (Å²) in [6, 6.07) is 0.0238. The lowest BCUT2D eigenvalue weighted by Gasteiger charge is -1.96. The molecule has 1 atom stereocenters. The Kier molecular flexibility index (Phi) is 3.25. The van der Waals surface area contributed by atoms with Crippen LogP contribution in [-0.4, -0.2) is 25.8 Å². The lowest BCUT2D eigenvalue weighted by molar-refractivity contribution is 0.421. The van der Waals surface area contributed by atoms with Crippen LogP contribution in [0.15, 0.2) is 4.52 Å². The summed E-state index contributed by atoms with van der Waals surface area (Å²) in [5, 5.41) is 7.87. The fraction of sp³-hybridized carbons (Fsp3) is 0.556. The van der Waals surface area contributed by atoms with E-state index in [1.807, 2.05) is 13.8 Å². The molecule has 0 aliphatic rings. The first-order chi connectivity index (χ1) is 7.70. The predicted molar refractivity (Wildman–Crippen MR) is 59.9 cm³/mol. The molecule has 86 valence electrons. The number of nitrogens with two attached hydrogens (primary N) is 1. The first kappa shape index (κ1) is 11.2. The highest BCUT2D eigenvalue weighted by Gasteiger charge is 2.16. The van der Waals surface area contributed by atoms with Gasteiger partial charge in [-0.05, 0) is 24.9 Å². The molecule has 0 bridgehead atoms. The minimum Gasteiger partial charge on any atom is -0.333 e. The largest absolute Gasteiger partial charge is 0.333 e. The van der Waals surface area contributed by atoms with E-state index in [1.165, 1.54) is 11.5 Å². The van der Waals surface area contributed by atoms with Crippen LogP contribution in [0.5, 0.6) is 0 Å². The molecule has 16 heavy (non-hydrogen) atoms. The van der Waals surface area contributed by atoms with E-state index in [2.05, 4.69) is 19.7 Å². The average molecular weight is 239 g/mol. The van der Waals surface area contributed by atoms with Crippen molar-refractivity contribution in [3.05, 3.63) is 11.5 Å². The van der Waals surface area contributed by atoms with Crippen molar-refractivity contribution in [3.8, 4) is 10.8 Å². The molecular weight excluding hydrogens is 226 g/mol. The number of hydrogen-bond acceptors (Lipinski definition) is 7. The van der Waals surface area contributed by atoms with E-state index in [1.54, 1.807) is 0 Å². The van der Waals surface area contributed by atoms with Gasteiger partial charge < -0.3 is 10.3 Å². The number of hydrogen-bond donors (Lipinski definition) is 1. The van der Waals surface area contributed by atoms with Crippen molar-refractivity contribution < 1.29 is 4.52 Å². The minimum absolute atomic E-state index is 0.0238. The van der Waals surface area contributed by atoms with Gasteiger partial charge in [0.1, 0.15) is 4.88 Å². The van der Waals surface area contributed by atoms with E-state index in [-0.39, 0.29) is 6.04 Å². The lowest BCUT2D eigenvalue weighted by atomic mass is 10.2.